The van der Waals surface area contributed by atoms with E-state index in [1.54, 1.807) is 19.2 Å². The van der Waals surface area contributed by atoms with Crippen molar-refractivity contribution in [3.63, 3.8) is 0 Å². The van der Waals surface area contributed by atoms with Gasteiger partial charge in [0.15, 0.2) is 10.9 Å². The van der Waals surface area contributed by atoms with Crippen molar-refractivity contribution in [1.82, 2.24) is 19.3 Å². The number of carbonyl (C=O) groups excluding carboxylic acids is 1. The molecule has 2 aromatic heterocycles. The zero-order valence-electron chi connectivity index (χ0n) is 19.5. The summed E-state index contributed by atoms with van der Waals surface area (Å²) in [7, 11) is 1.66. The van der Waals surface area contributed by atoms with Crippen LogP contribution >= 0.6 is 11.8 Å². The molecule has 4 aromatic rings. The number of hydrogen-bond acceptors (Lipinski definition) is 5. The number of thioether (sulfide) groups is 1. The maximum atomic E-state index is 13.3. The molecule has 0 N–H and O–H groups in total. The van der Waals surface area contributed by atoms with E-state index in [9.17, 15) is 9.18 Å². The number of carbonyl (C=O) groups is 1. The van der Waals surface area contributed by atoms with Crippen LogP contribution in [-0.2, 0) is 17.7 Å². The molecule has 0 atom stereocenters. The second-order valence-electron chi connectivity index (χ2n) is 8.01. The van der Waals surface area contributed by atoms with Crippen LogP contribution in [0.3, 0.4) is 0 Å². The van der Waals surface area contributed by atoms with Gasteiger partial charge >= 0.3 is 0 Å². The monoisotopic (exact) mass is 478 g/mol. The van der Waals surface area contributed by atoms with Gasteiger partial charge in [0, 0.05) is 42.7 Å². The highest BCUT2D eigenvalue weighted by molar-refractivity contribution is 7.99. The number of aryl methyl sites for hydroxylation is 1. The second-order valence-corrected chi connectivity index (χ2v) is 8.96. The lowest BCUT2D eigenvalue weighted by molar-refractivity contribution is 0.102. The number of aromatic nitrogens is 4. The first-order valence-corrected chi connectivity index (χ1v) is 12.0. The van der Waals surface area contributed by atoms with Crippen molar-refractivity contribution >= 4 is 17.5 Å². The number of ketones is 1. The number of rotatable bonds is 10. The molecule has 0 aliphatic heterocycles. The van der Waals surface area contributed by atoms with E-state index in [-0.39, 0.29) is 17.4 Å². The Morgan fingerprint density at radius 2 is 1.79 bits per heavy atom. The quantitative estimate of drug-likeness (QED) is 0.236. The van der Waals surface area contributed by atoms with Gasteiger partial charge in [-0.2, -0.15) is 0 Å². The fraction of sp³-hybridized carbons (Fsp3) is 0.269. The van der Waals surface area contributed by atoms with Gasteiger partial charge in [-0.1, -0.05) is 42.1 Å². The molecule has 0 fully saturated rings. The average molecular weight is 479 g/mol. The first kappa shape index (κ1) is 23.9. The lowest BCUT2D eigenvalue weighted by atomic mass is 10.1. The normalized spacial score (nSPS) is 11.2. The zero-order chi connectivity index (χ0) is 24.1. The molecule has 0 bridgehead atoms. The molecule has 0 unspecified atom stereocenters. The molecule has 176 valence electrons. The van der Waals surface area contributed by atoms with Gasteiger partial charge in [-0.3, -0.25) is 4.79 Å². The molecule has 2 heterocycles. The van der Waals surface area contributed by atoms with E-state index in [1.807, 2.05) is 47.2 Å². The first-order valence-electron chi connectivity index (χ1n) is 11.0. The summed E-state index contributed by atoms with van der Waals surface area (Å²) in [5, 5.41) is 9.45. The summed E-state index contributed by atoms with van der Waals surface area (Å²) in [5.41, 5.74) is 4.38. The number of hydrogen-bond donors (Lipinski definition) is 0. The van der Waals surface area contributed by atoms with Crippen LogP contribution in [0.2, 0.25) is 0 Å². The Kier molecular flexibility index (Phi) is 7.59. The minimum Gasteiger partial charge on any atom is -0.383 e. The van der Waals surface area contributed by atoms with Gasteiger partial charge in [0.1, 0.15) is 11.6 Å². The van der Waals surface area contributed by atoms with Gasteiger partial charge in [-0.15, -0.1) is 10.2 Å². The summed E-state index contributed by atoms with van der Waals surface area (Å²) >= 11 is 1.38. The molecule has 0 spiro atoms. The summed E-state index contributed by atoms with van der Waals surface area (Å²) in [5.74, 6) is 0.803. The molecule has 2 aromatic carbocycles. The Bertz CT molecular complexity index is 1270. The summed E-state index contributed by atoms with van der Waals surface area (Å²) in [6.45, 7) is 4.99. The van der Waals surface area contributed by atoms with Crippen LogP contribution < -0.4 is 0 Å². The lowest BCUT2D eigenvalue weighted by Gasteiger charge is -2.10. The molecule has 0 aliphatic rings. The van der Waals surface area contributed by atoms with Crippen LogP contribution in [-0.4, -0.2) is 44.6 Å². The summed E-state index contributed by atoms with van der Waals surface area (Å²) in [4.78, 5) is 13.1. The maximum Gasteiger partial charge on any atom is 0.191 e. The predicted octanol–water partition coefficient (Wildman–Crippen LogP) is 5.04. The van der Waals surface area contributed by atoms with Crippen molar-refractivity contribution in [2.45, 2.75) is 32.0 Å². The van der Waals surface area contributed by atoms with Gasteiger partial charge in [0.05, 0.1) is 12.4 Å². The summed E-state index contributed by atoms with van der Waals surface area (Å²) in [6, 6.07) is 18.3. The third kappa shape index (κ3) is 5.29. The van der Waals surface area contributed by atoms with Crippen molar-refractivity contribution in [3.05, 3.63) is 94.8 Å². The average Bonchev–Trinajstić information content (AvgIpc) is 3.36. The molecule has 0 saturated heterocycles. The highest BCUT2D eigenvalue weighted by atomic mass is 32.2. The molecule has 8 heteroatoms. The minimum atomic E-state index is -0.289. The largest absolute Gasteiger partial charge is 0.383 e. The predicted molar refractivity (Wildman–Crippen MR) is 131 cm³/mol. The number of ether oxygens (including phenoxy) is 1. The van der Waals surface area contributed by atoms with Crippen LogP contribution in [0.5, 0.6) is 0 Å². The Balaban J connectivity index is 1.51. The fourth-order valence-corrected chi connectivity index (χ4v) is 4.85. The highest BCUT2D eigenvalue weighted by Gasteiger charge is 2.19. The summed E-state index contributed by atoms with van der Waals surface area (Å²) in [6.07, 6.45) is 0.658. The Morgan fingerprint density at radius 1 is 1.06 bits per heavy atom. The number of benzene rings is 2. The van der Waals surface area contributed by atoms with E-state index in [1.165, 1.54) is 23.9 Å². The van der Waals surface area contributed by atoms with Gasteiger partial charge in [-0.05, 0) is 49.7 Å². The number of nitrogens with zero attached hydrogens (tertiary/aromatic N) is 4. The molecular formula is C26H27FN4O2S. The summed E-state index contributed by atoms with van der Waals surface area (Å²) < 4.78 is 22.6. The fourth-order valence-electron chi connectivity index (χ4n) is 3.98. The van der Waals surface area contributed by atoms with Gasteiger partial charge in [-0.25, -0.2) is 4.39 Å². The van der Waals surface area contributed by atoms with Crippen LogP contribution in [0.25, 0.3) is 5.69 Å². The standard InChI is InChI=1S/C26H27FN4O2S/c1-18-15-23(19(2)31(18)22-11-9-21(27)10-12-22)24(32)17-34-26-29-28-25(30(26)13-14-33-3)16-20-7-5-4-6-8-20/h4-12,15H,13-14,16-17H2,1-3H3. The van der Waals surface area contributed by atoms with Crippen molar-refractivity contribution in [2.75, 3.05) is 19.5 Å². The maximum absolute atomic E-state index is 13.3. The third-order valence-electron chi connectivity index (χ3n) is 5.67. The van der Waals surface area contributed by atoms with Gasteiger partial charge < -0.3 is 13.9 Å². The van der Waals surface area contributed by atoms with Crippen LogP contribution in [0, 0.1) is 19.7 Å². The molecule has 0 aliphatic carbocycles. The zero-order valence-corrected chi connectivity index (χ0v) is 20.3. The molecule has 4 rings (SSSR count). The van der Waals surface area contributed by atoms with E-state index in [4.69, 9.17) is 4.74 Å². The SMILES string of the molecule is COCCn1c(Cc2ccccc2)nnc1SCC(=O)c1cc(C)n(-c2ccc(F)cc2)c1C. The Hall–Kier alpha value is -3.23. The highest BCUT2D eigenvalue weighted by Crippen LogP contribution is 2.25. The molecule has 6 nitrogen and oxygen atoms in total. The molecule has 34 heavy (non-hydrogen) atoms. The van der Waals surface area contributed by atoms with Crippen molar-refractivity contribution in [1.29, 1.82) is 0 Å². The smallest absolute Gasteiger partial charge is 0.191 e. The Morgan fingerprint density at radius 3 is 2.50 bits per heavy atom. The molecule has 0 radical (unpaired) electrons. The van der Waals surface area contributed by atoms with E-state index < -0.39 is 0 Å². The van der Waals surface area contributed by atoms with Crippen LogP contribution in [0.1, 0.15) is 33.1 Å². The molecule has 0 saturated carbocycles. The number of halogens is 1. The molecular weight excluding hydrogens is 451 g/mol. The second kappa shape index (κ2) is 10.8. The van der Waals surface area contributed by atoms with E-state index >= 15 is 0 Å². The van der Waals surface area contributed by atoms with Crippen LogP contribution in [0.15, 0.2) is 65.8 Å². The number of methoxy groups -OCH3 is 1. The number of Topliss-reactive ketones (excluding diaryl/α,β-unsaturated/α-hetero) is 1. The van der Waals surface area contributed by atoms with E-state index in [2.05, 4.69) is 22.3 Å². The van der Waals surface area contributed by atoms with Crippen LogP contribution in [0.4, 0.5) is 4.39 Å². The van der Waals surface area contributed by atoms with Gasteiger partial charge in [0.2, 0.25) is 0 Å². The minimum absolute atomic E-state index is 0.0114. The van der Waals surface area contributed by atoms with Crippen molar-refractivity contribution in [2.24, 2.45) is 0 Å². The van der Waals surface area contributed by atoms with E-state index in [0.29, 0.717) is 30.3 Å². The van der Waals surface area contributed by atoms with E-state index in [0.717, 1.165) is 28.5 Å². The van der Waals surface area contributed by atoms with Crippen molar-refractivity contribution < 1.29 is 13.9 Å². The first-order chi connectivity index (χ1) is 16.5. The van der Waals surface area contributed by atoms with Gasteiger partial charge in [0.25, 0.3) is 0 Å². The topological polar surface area (TPSA) is 61.9 Å². The van der Waals surface area contributed by atoms with Crippen molar-refractivity contribution in [3.8, 4) is 5.69 Å². The Labute approximate surface area is 202 Å². The third-order valence-corrected chi connectivity index (χ3v) is 6.63. The molecule has 0 amide bonds. The lowest BCUT2D eigenvalue weighted by Crippen LogP contribution is -2.11.